The van der Waals surface area contributed by atoms with E-state index in [0.717, 1.165) is 6.07 Å². The van der Waals surface area contributed by atoms with Crippen molar-refractivity contribution in [2.75, 3.05) is 5.33 Å². The van der Waals surface area contributed by atoms with Gasteiger partial charge in [-0.15, -0.1) is 0 Å². The second kappa shape index (κ2) is 4.20. The molecule has 0 atom stereocenters. The van der Waals surface area contributed by atoms with Crippen molar-refractivity contribution in [2.24, 2.45) is 0 Å². The maximum atomic E-state index is 12.9. The fourth-order valence-corrected chi connectivity index (χ4v) is 1.52. The molecule has 0 aliphatic rings. The first-order valence-electron chi connectivity index (χ1n) is 3.61. The number of hydrogen-bond donors (Lipinski definition) is 0. The van der Waals surface area contributed by atoms with Crippen molar-refractivity contribution in [3.05, 3.63) is 34.1 Å². The van der Waals surface area contributed by atoms with Crippen LogP contribution in [0, 0.1) is 12.7 Å². The van der Waals surface area contributed by atoms with Crippen LogP contribution in [0.3, 0.4) is 0 Å². The van der Waals surface area contributed by atoms with E-state index in [1.54, 1.807) is 6.92 Å². The van der Waals surface area contributed by atoms with Crippen molar-refractivity contribution >= 4 is 33.3 Å². The van der Waals surface area contributed by atoms with Crippen molar-refractivity contribution in [1.29, 1.82) is 0 Å². The highest BCUT2D eigenvalue weighted by molar-refractivity contribution is 9.09. The summed E-state index contributed by atoms with van der Waals surface area (Å²) in [6.45, 7) is 1.66. The van der Waals surface area contributed by atoms with E-state index in [1.807, 2.05) is 0 Å². The van der Waals surface area contributed by atoms with E-state index < -0.39 is 5.82 Å². The van der Waals surface area contributed by atoms with Crippen LogP contribution in [0.1, 0.15) is 15.9 Å². The number of rotatable bonds is 2. The highest BCUT2D eigenvalue weighted by Gasteiger charge is 2.12. The van der Waals surface area contributed by atoms with E-state index in [1.165, 1.54) is 6.07 Å². The summed E-state index contributed by atoms with van der Waals surface area (Å²) in [7, 11) is 0. The van der Waals surface area contributed by atoms with Crippen LogP contribution in [0.25, 0.3) is 0 Å². The zero-order valence-electron chi connectivity index (χ0n) is 6.90. The van der Waals surface area contributed by atoms with Crippen LogP contribution >= 0.6 is 27.5 Å². The number of carbonyl (C=O) groups excluding carboxylic acids is 1. The van der Waals surface area contributed by atoms with Gasteiger partial charge in [-0.25, -0.2) is 4.39 Å². The lowest BCUT2D eigenvalue weighted by atomic mass is 10.1. The molecule has 0 aliphatic heterocycles. The minimum absolute atomic E-state index is 0.148. The summed E-state index contributed by atoms with van der Waals surface area (Å²) in [6, 6.07) is 2.45. The molecule has 70 valence electrons. The van der Waals surface area contributed by atoms with E-state index in [9.17, 15) is 9.18 Å². The third-order valence-corrected chi connectivity index (χ3v) is 2.65. The zero-order valence-corrected chi connectivity index (χ0v) is 9.25. The minimum Gasteiger partial charge on any atom is -0.293 e. The molecule has 1 rings (SSSR count). The summed E-state index contributed by atoms with van der Waals surface area (Å²) in [5, 5.41) is 0.473. The maximum Gasteiger partial charge on any atom is 0.174 e. The van der Waals surface area contributed by atoms with E-state index in [-0.39, 0.29) is 16.7 Å². The second-order valence-electron chi connectivity index (χ2n) is 2.64. The Kier molecular flexibility index (Phi) is 3.45. The molecule has 0 amide bonds. The monoisotopic (exact) mass is 264 g/mol. The Balaban J connectivity index is 3.28. The number of aryl methyl sites for hydroxylation is 1. The molecule has 0 N–H and O–H groups in total. The van der Waals surface area contributed by atoms with Gasteiger partial charge in [0.05, 0.1) is 10.4 Å². The molecule has 0 aromatic heterocycles. The van der Waals surface area contributed by atoms with Crippen LogP contribution in [0.4, 0.5) is 4.39 Å². The standard InChI is InChI=1S/C9H7BrClFO/c1-5-2-6(12)3-7(9(5)11)8(13)4-10/h2-3H,4H2,1H3. The molecule has 0 unspecified atom stereocenters. The number of carbonyl (C=O) groups is 1. The minimum atomic E-state index is -0.439. The van der Waals surface area contributed by atoms with Crippen LogP contribution < -0.4 is 0 Å². The van der Waals surface area contributed by atoms with Gasteiger partial charge in [-0.2, -0.15) is 0 Å². The van der Waals surface area contributed by atoms with Crippen LogP contribution in [-0.2, 0) is 0 Å². The Hall–Kier alpha value is -0.410. The number of benzene rings is 1. The number of hydrogen-bond acceptors (Lipinski definition) is 1. The molecule has 0 radical (unpaired) electrons. The highest BCUT2D eigenvalue weighted by Crippen LogP contribution is 2.22. The lowest BCUT2D eigenvalue weighted by molar-refractivity contribution is 0.102. The smallest absolute Gasteiger partial charge is 0.174 e. The number of halogens is 3. The van der Waals surface area contributed by atoms with Crippen molar-refractivity contribution in [1.82, 2.24) is 0 Å². The zero-order chi connectivity index (χ0) is 10.0. The number of ketones is 1. The van der Waals surface area contributed by atoms with Gasteiger partial charge in [0.25, 0.3) is 0 Å². The van der Waals surface area contributed by atoms with Crippen LogP contribution in [0.5, 0.6) is 0 Å². The van der Waals surface area contributed by atoms with Crippen molar-refractivity contribution in [3.8, 4) is 0 Å². The second-order valence-corrected chi connectivity index (χ2v) is 3.58. The van der Waals surface area contributed by atoms with Crippen LogP contribution in [0.2, 0.25) is 5.02 Å². The van der Waals surface area contributed by atoms with Gasteiger partial charge in [-0.05, 0) is 24.6 Å². The normalized spacial score (nSPS) is 10.2. The number of alkyl halides is 1. The van der Waals surface area contributed by atoms with Gasteiger partial charge in [0.1, 0.15) is 5.82 Å². The Morgan fingerprint density at radius 1 is 1.62 bits per heavy atom. The first-order chi connectivity index (χ1) is 6.06. The van der Waals surface area contributed by atoms with Crippen molar-refractivity contribution < 1.29 is 9.18 Å². The topological polar surface area (TPSA) is 17.1 Å². The molecule has 13 heavy (non-hydrogen) atoms. The van der Waals surface area contributed by atoms with Gasteiger partial charge < -0.3 is 0 Å². The molecule has 0 bridgehead atoms. The molecule has 4 heteroatoms. The molecule has 0 saturated carbocycles. The molecule has 1 aromatic carbocycles. The average Bonchev–Trinajstić information content (AvgIpc) is 2.10. The quantitative estimate of drug-likeness (QED) is 0.592. The molecule has 0 fully saturated rings. The first-order valence-corrected chi connectivity index (χ1v) is 5.11. The van der Waals surface area contributed by atoms with E-state index in [0.29, 0.717) is 10.6 Å². The summed E-state index contributed by atoms with van der Waals surface area (Å²) < 4.78 is 12.9. The molecular weight excluding hydrogens is 258 g/mol. The SMILES string of the molecule is Cc1cc(F)cc(C(=O)CBr)c1Cl. The molecule has 0 heterocycles. The summed E-state index contributed by atoms with van der Waals surface area (Å²) in [5.74, 6) is -0.654. The maximum absolute atomic E-state index is 12.9. The Labute approximate surface area is 89.0 Å². The van der Waals surface area contributed by atoms with Crippen LogP contribution in [-0.4, -0.2) is 11.1 Å². The average molecular weight is 266 g/mol. The molecular formula is C9H7BrClFO. The third-order valence-electron chi connectivity index (χ3n) is 1.64. The van der Waals surface area contributed by atoms with Gasteiger partial charge >= 0.3 is 0 Å². The molecule has 0 aliphatic carbocycles. The van der Waals surface area contributed by atoms with Crippen molar-refractivity contribution in [3.63, 3.8) is 0 Å². The predicted octanol–water partition coefficient (Wildman–Crippen LogP) is 3.37. The molecule has 1 nitrogen and oxygen atoms in total. The summed E-state index contributed by atoms with van der Waals surface area (Å²) in [4.78, 5) is 11.2. The molecule has 0 spiro atoms. The Morgan fingerprint density at radius 2 is 2.23 bits per heavy atom. The molecule has 1 aromatic rings. The lowest BCUT2D eigenvalue weighted by Crippen LogP contribution is -2.02. The van der Waals surface area contributed by atoms with Gasteiger partial charge in [-0.1, -0.05) is 27.5 Å². The lowest BCUT2D eigenvalue weighted by Gasteiger charge is -2.04. The fraction of sp³-hybridized carbons (Fsp3) is 0.222. The molecule has 0 saturated heterocycles. The third kappa shape index (κ3) is 2.29. The fourth-order valence-electron chi connectivity index (χ4n) is 1.00. The summed E-state index contributed by atoms with van der Waals surface area (Å²) in [6.07, 6.45) is 0. The summed E-state index contributed by atoms with van der Waals surface area (Å²) in [5.41, 5.74) is 0.807. The van der Waals surface area contributed by atoms with E-state index in [4.69, 9.17) is 11.6 Å². The van der Waals surface area contributed by atoms with Gasteiger partial charge in [0.2, 0.25) is 0 Å². The predicted molar refractivity (Wildman–Crippen MR) is 54.3 cm³/mol. The van der Waals surface area contributed by atoms with Gasteiger partial charge in [-0.3, -0.25) is 4.79 Å². The Morgan fingerprint density at radius 3 is 2.77 bits per heavy atom. The van der Waals surface area contributed by atoms with E-state index in [2.05, 4.69) is 15.9 Å². The van der Waals surface area contributed by atoms with E-state index >= 15 is 0 Å². The first kappa shape index (κ1) is 10.7. The van der Waals surface area contributed by atoms with Crippen LogP contribution in [0.15, 0.2) is 12.1 Å². The number of Topliss-reactive ketones (excluding diaryl/α,β-unsaturated/α-hetero) is 1. The van der Waals surface area contributed by atoms with Gasteiger partial charge in [0.15, 0.2) is 5.78 Å². The van der Waals surface area contributed by atoms with Crippen molar-refractivity contribution in [2.45, 2.75) is 6.92 Å². The largest absolute Gasteiger partial charge is 0.293 e. The van der Waals surface area contributed by atoms with Gasteiger partial charge in [0, 0.05) is 5.56 Å². The summed E-state index contributed by atoms with van der Waals surface area (Å²) >= 11 is 8.83. The highest BCUT2D eigenvalue weighted by atomic mass is 79.9. The Bertz CT molecular complexity index is 352.